The topological polar surface area (TPSA) is 61.8 Å². The molecule has 0 saturated carbocycles. The van der Waals surface area contributed by atoms with Gasteiger partial charge in [0.1, 0.15) is 5.82 Å². The number of piperazine rings is 1. The van der Waals surface area contributed by atoms with Crippen LogP contribution in [0.4, 0.5) is 5.82 Å². The van der Waals surface area contributed by atoms with E-state index in [4.69, 9.17) is 4.74 Å². The molecular weight excluding hydrogens is 362 g/mol. The van der Waals surface area contributed by atoms with Crippen molar-refractivity contribution in [2.75, 3.05) is 44.2 Å². The summed E-state index contributed by atoms with van der Waals surface area (Å²) in [5.74, 6) is 1.45. The van der Waals surface area contributed by atoms with E-state index in [1.165, 1.54) is 0 Å². The number of nitrogens with zero attached hydrogens (tertiary/aromatic N) is 5. The van der Waals surface area contributed by atoms with Crippen molar-refractivity contribution in [3.8, 4) is 0 Å². The molecule has 27 heavy (non-hydrogen) atoms. The Bertz CT molecular complexity index is 669. The van der Waals surface area contributed by atoms with Crippen LogP contribution < -0.4 is 4.90 Å². The Morgan fingerprint density at radius 2 is 1.89 bits per heavy atom. The molecule has 146 valence electrons. The third-order valence-electron chi connectivity index (χ3n) is 6.32. The zero-order valence-electron chi connectivity index (χ0n) is 15.6. The quantitative estimate of drug-likeness (QED) is 0.539. The molecule has 5 heterocycles. The van der Waals surface area contributed by atoms with E-state index in [2.05, 4.69) is 19.8 Å². The molecule has 0 spiro atoms. The molecule has 4 fully saturated rings. The van der Waals surface area contributed by atoms with E-state index in [1.54, 1.807) is 24.3 Å². The van der Waals surface area contributed by atoms with Gasteiger partial charge in [0, 0.05) is 45.1 Å². The Morgan fingerprint density at radius 3 is 2.67 bits per heavy atom. The summed E-state index contributed by atoms with van der Waals surface area (Å²) in [7, 11) is 0. The zero-order chi connectivity index (χ0) is 18.2. The fourth-order valence-corrected chi connectivity index (χ4v) is 6.36. The zero-order valence-corrected chi connectivity index (χ0v) is 16.4. The van der Waals surface area contributed by atoms with Crippen LogP contribution in [0.1, 0.15) is 25.7 Å². The molecule has 1 aromatic heterocycles. The Hall–Kier alpha value is -1.38. The van der Waals surface area contributed by atoms with Crippen molar-refractivity contribution < 1.29 is 9.53 Å². The summed E-state index contributed by atoms with van der Waals surface area (Å²) in [6, 6.07) is 0. The number of ether oxygens (including phenoxy) is 1. The van der Waals surface area contributed by atoms with Crippen molar-refractivity contribution in [2.24, 2.45) is 5.92 Å². The number of fused-ring (bicyclic) bond motifs is 5. The van der Waals surface area contributed by atoms with Crippen LogP contribution in [0.25, 0.3) is 0 Å². The lowest BCUT2D eigenvalue weighted by molar-refractivity contribution is -0.130. The van der Waals surface area contributed by atoms with Crippen LogP contribution >= 0.6 is 11.9 Å². The van der Waals surface area contributed by atoms with Crippen molar-refractivity contribution in [1.82, 2.24) is 19.2 Å². The van der Waals surface area contributed by atoms with Crippen LogP contribution in [0.3, 0.4) is 0 Å². The number of unbranched alkanes of at least 4 members (excludes halogenated alkanes) is 1. The van der Waals surface area contributed by atoms with Gasteiger partial charge in [0.2, 0.25) is 5.91 Å². The first-order valence-electron chi connectivity index (χ1n) is 10.2. The molecule has 8 heteroatoms. The summed E-state index contributed by atoms with van der Waals surface area (Å²) in [5, 5.41) is 0.394. The lowest BCUT2D eigenvalue weighted by Gasteiger charge is -2.35. The normalized spacial score (nSPS) is 33.1. The van der Waals surface area contributed by atoms with Crippen molar-refractivity contribution in [3.05, 3.63) is 18.6 Å². The number of carbonyl (C=O) groups is 1. The summed E-state index contributed by atoms with van der Waals surface area (Å²) in [6.45, 7) is 6.14. The van der Waals surface area contributed by atoms with Crippen molar-refractivity contribution >= 4 is 23.7 Å². The number of hydrogen-bond acceptors (Lipinski definition) is 7. The molecule has 0 aliphatic carbocycles. The maximum atomic E-state index is 12.6. The van der Waals surface area contributed by atoms with Crippen molar-refractivity contribution in [2.45, 2.75) is 43.1 Å². The SMILES string of the molecule is O=C1[C@@H]2[C@H](SN1CCCCN1CCN(c3cnccn3)CC1)[C@H]1CC[C@@H]2O1. The number of amides is 1. The number of aromatic nitrogens is 2. The number of hydrogen-bond donors (Lipinski definition) is 0. The third kappa shape index (κ3) is 3.43. The molecule has 4 saturated heterocycles. The monoisotopic (exact) mass is 389 g/mol. The van der Waals surface area contributed by atoms with Gasteiger partial charge in [-0.3, -0.25) is 19.0 Å². The van der Waals surface area contributed by atoms with E-state index >= 15 is 0 Å². The molecule has 0 N–H and O–H groups in total. The van der Waals surface area contributed by atoms with Crippen LogP contribution in [0, 0.1) is 5.92 Å². The largest absolute Gasteiger partial charge is 0.373 e. The molecule has 4 aliphatic heterocycles. The Labute approximate surface area is 164 Å². The molecule has 4 atom stereocenters. The third-order valence-corrected chi connectivity index (χ3v) is 7.77. The predicted molar refractivity (Wildman–Crippen MR) is 104 cm³/mol. The van der Waals surface area contributed by atoms with Gasteiger partial charge in [0.25, 0.3) is 0 Å². The van der Waals surface area contributed by atoms with Gasteiger partial charge in [0.15, 0.2) is 0 Å². The highest BCUT2D eigenvalue weighted by molar-refractivity contribution is 7.98. The van der Waals surface area contributed by atoms with E-state index in [-0.39, 0.29) is 12.0 Å². The lowest BCUT2D eigenvalue weighted by atomic mass is 9.88. The molecule has 0 unspecified atom stereocenters. The Balaban J connectivity index is 1.02. The van der Waals surface area contributed by atoms with Crippen LogP contribution in [0.5, 0.6) is 0 Å². The Morgan fingerprint density at radius 1 is 1.07 bits per heavy atom. The average Bonchev–Trinajstić information content (AvgIpc) is 3.40. The van der Waals surface area contributed by atoms with Gasteiger partial charge >= 0.3 is 0 Å². The van der Waals surface area contributed by atoms with Gasteiger partial charge in [-0.2, -0.15) is 0 Å². The second kappa shape index (κ2) is 7.56. The molecule has 1 amide bonds. The molecule has 0 radical (unpaired) electrons. The summed E-state index contributed by atoms with van der Waals surface area (Å²) in [5.41, 5.74) is 0. The highest BCUT2D eigenvalue weighted by Crippen LogP contribution is 2.51. The van der Waals surface area contributed by atoms with E-state index in [0.717, 1.165) is 70.8 Å². The second-order valence-corrected chi connectivity index (χ2v) is 9.12. The highest BCUT2D eigenvalue weighted by atomic mass is 32.2. The van der Waals surface area contributed by atoms with Gasteiger partial charge < -0.3 is 9.64 Å². The molecular formula is C19H27N5O2S. The van der Waals surface area contributed by atoms with E-state index in [0.29, 0.717) is 17.3 Å². The van der Waals surface area contributed by atoms with Crippen LogP contribution in [-0.4, -0.2) is 81.8 Å². The van der Waals surface area contributed by atoms with Gasteiger partial charge in [-0.15, -0.1) is 0 Å². The van der Waals surface area contributed by atoms with Crippen LogP contribution in [0.2, 0.25) is 0 Å². The van der Waals surface area contributed by atoms with Crippen LogP contribution in [-0.2, 0) is 9.53 Å². The van der Waals surface area contributed by atoms with Crippen LogP contribution in [0.15, 0.2) is 18.6 Å². The fraction of sp³-hybridized carbons (Fsp3) is 0.737. The maximum absolute atomic E-state index is 12.6. The molecule has 1 aromatic rings. The first-order chi connectivity index (χ1) is 13.3. The van der Waals surface area contributed by atoms with Crippen molar-refractivity contribution in [1.29, 1.82) is 0 Å². The van der Waals surface area contributed by atoms with Gasteiger partial charge in [-0.1, -0.05) is 0 Å². The summed E-state index contributed by atoms with van der Waals surface area (Å²) in [4.78, 5) is 26.0. The smallest absolute Gasteiger partial charge is 0.239 e. The maximum Gasteiger partial charge on any atom is 0.239 e. The van der Waals surface area contributed by atoms with Crippen molar-refractivity contribution in [3.63, 3.8) is 0 Å². The van der Waals surface area contributed by atoms with Gasteiger partial charge in [-0.05, 0) is 44.2 Å². The van der Waals surface area contributed by atoms with Gasteiger partial charge in [-0.25, -0.2) is 4.98 Å². The lowest BCUT2D eigenvalue weighted by Crippen LogP contribution is -2.47. The molecule has 0 aromatic carbocycles. The average molecular weight is 390 g/mol. The van der Waals surface area contributed by atoms with Gasteiger partial charge in [0.05, 0.1) is 29.6 Å². The minimum Gasteiger partial charge on any atom is -0.373 e. The minimum atomic E-state index is 0.142. The number of carbonyl (C=O) groups excluding carboxylic acids is 1. The molecule has 4 aliphatic rings. The number of anilines is 1. The minimum absolute atomic E-state index is 0.142. The first kappa shape index (κ1) is 17.7. The highest BCUT2D eigenvalue weighted by Gasteiger charge is 2.58. The standard InChI is InChI=1S/C19H27N5O2S/c25-19-17-14-3-4-15(26-14)18(17)27-24(19)8-2-1-7-22-9-11-23(12-10-22)16-13-20-5-6-21-16/h5-6,13-15,17-18H,1-4,7-12H2/t14-,15+,17-,18+/m0/s1. The van der Waals surface area contributed by atoms with E-state index in [9.17, 15) is 4.79 Å². The molecule has 2 bridgehead atoms. The summed E-state index contributed by atoms with van der Waals surface area (Å²) in [6.07, 6.45) is 10.3. The predicted octanol–water partition coefficient (Wildman–Crippen LogP) is 1.42. The first-order valence-corrected chi connectivity index (χ1v) is 11.0. The summed E-state index contributed by atoms with van der Waals surface area (Å²) >= 11 is 1.76. The molecule has 5 rings (SSSR count). The summed E-state index contributed by atoms with van der Waals surface area (Å²) < 4.78 is 7.95. The number of rotatable bonds is 6. The second-order valence-electron chi connectivity index (χ2n) is 7.93. The fourth-order valence-electron chi connectivity index (χ4n) is 4.84. The molecule has 7 nitrogen and oxygen atoms in total. The van der Waals surface area contributed by atoms with E-state index in [1.807, 2.05) is 10.5 Å². The Kier molecular flexibility index (Phi) is 4.96. The van der Waals surface area contributed by atoms with E-state index < -0.39 is 0 Å².